The van der Waals surface area contributed by atoms with Gasteiger partial charge in [0.2, 0.25) is 0 Å². The maximum atomic E-state index is 15.1. The third-order valence-electron chi connectivity index (χ3n) is 8.60. The molecule has 0 atom stereocenters. The first kappa shape index (κ1) is 35.6. The highest BCUT2D eigenvalue weighted by Crippen LogP contribution is 2.38. The zero-order valence-corrected chi connectivity index (χ0v) is 29.2. The molecule has 14 heteroatoms. The van der Waals surface area contributed by atoms with Crippen molar-refractivity contribution < 1.29 is 23.1 Å². The molecule has 0 spiro atoms. The van der Waals surface area contributed by atoms with Crippen LogP contribution in [-0.4, -0.2) is 65.9 Å². The molecule has 2 aromatic heterocycles. The molecule has 266 valence electrons. The molecular weight excluding hydrogens is 679 g/mol. The van der Waals surface area contributed by atoms with Crippen LogP contribution in [-0.2, 0) is 17.8 Å². The molecule has 0 radical (unpaired) electrons. The fourth-order valence-electron chi connectivity index (χ4n) is 5.76. The summed E-state index contributed by atoms with van der Waals surface area (Å²) in [6.45, 7) is 3.02. The summed E-state index contributed by atoms with van der Waals surface area (Å²) < 4.78 is 37.7. The summed E-state index contributed by atoms with van der Waals surface area (Å²) in [7, 11) is 3.47. The second-order valence-electron chi connectivity index (χ2n) is 12.4. The van der Waals surface area contributed by atoms with Crippen LogP contribution < -0.4 is 27.2 Å². The lowest BCUT2D eigenvalue weighted by atomic mass is 10.1. The number of halogens is 2. The van der Waals surface area contributed by atoms with E-state index in [2.05, 4.69) is 16.0 Å². The Hall–Kier alpha value is -5.18. The maximum Gasteiger partial charge on any atom is 0.337 e. The highest BCUT2D eigenvalue weighted by molar-refractivity contribution is 7.22. The lowest BCUT2D eigenvalue weighted by molar-refractivity contribution is 0.0951. The van der Waals surface area contributed by atoms with Gasteiger partial charge in [0.15, 0.2) is 0 Å². The summed E-state index contributed by atoms with van der Waals surface area (Å²) in [5, 5.41) is 8.59. The number of aromatic nitrogens is 2. The summed E-state index contributed by atoms with van der Waals surface area (Å²) in [5.74, 6) is -1.91. The van der Waals surface area contributed by atoms with Crippen LogP contribution in [0.2, 0.25) is 0 Å². The molecule has 3 aromatic carbocycles. The number of nitrogens with zero attached hydrogens (tertiary/aromatic N) is 3. The quantitative estimate of drug-likeness (QED) is 0.152. The molecule has 1 saturated carbocycles. The molecule has 1 aliphatic carbocycles. The number of fused-ring (bicyclic) bond motifs is 1. The maximum absolute atomic E-state index is 15.1. The zero-order chi connectivity index (χ0) is 36.2. The molecule has 5 aromatic rings. The smallest absolute Gasteiger partial charge is 0.337 e. The minimum atomic E-state index is -0.828. The number of carbonyl (C=O) groups excluding carboxylic acids is 2. The zero-order valence-electron chi connectivity index (χ0n) is 28.4. The number of likely N-dealkylation sites (N-methyl/N-ethyl adjacent to an activating group) is 1. The fraction of sp³-hybridized carbons (Fsp3) is 0.297. The number of nitrogens with one attached hydrogen (secondary N) is 3. The number of anilines is 1. The van der Waals surface area contributed by atoms with Crippen molar-refractivity contribution >= 4 is 39.2 Å². The second-order valence-corrected chi connectivity index (χ2v) is 13.4. The number of hydrogen-bond acceptors (Lipinski definition) is 7. The number of amides is 3. The summed E-state index contributed by atoms with van der Waals surface area (Å²) in [4.78, 5) is 56.6. The van der Waals surface area contributed by atoms with Gasteiger partial charge in [-0.2, -0.15) is 0 Å². The Morgan fingerprint density at radius 1 is 0.980 bits per heavy atom. The number of ether oxygens (including phenoxy) is 1. The largest absolute Gasteiger partial charge is 0.383 e. The van der Waals surface area contributed by atoms with Gasteiger partial charge in [0, 0.05) is 54.5 Å². The van der Waals surface area contributed by atoms with Gasteiger partial charge in [-0.15, -0.1) is 11.3 Å². The van der Waals surface area contributed by atoms with Crippen LogP contribution in [0.25, 0.3) is 26.3 Å². The van der Waals surface area contributed by atoms with Gasteiger partial charge in [0.05, 0.1) is 24.2 Å². The van der Waals surface area contributed by atoms with Gasteiger partial charge in [-0.1, -0.05) is 18.2 Å². The van der Waals surface area contributed by atoms with Gasteiger partial charge in [0.1, 0.15) is 16.5 Å². The van der Waals surface area contributed by atoms with Gasteiger partial charge >= 0.3 is 11.7 Å². The Balaban J connectivity index is 1.56. The number of methoxy groups -OCH3 is 1. The van der Waals surface area contributed by atoms with Crippen molar-refractivity contribution in [3.8, 4) is 16.1 Å². The van der Waals surface area contributed by atoms with Crippen molar-refractivity contribution in [3.05, 3.63) is 116 Å². The Labute approximate surface area is 296 Å². The van der Waals surface area contributed by atoms with Crippen LogP contribution in [0.1, 0.15) is 41.3 Å². The molecule has 0 unspecified atom stereocenters. The molecule has 3 N–H and O–H groups in total. The van der Waals surface area contributed by atoms with Crippen LogP contribution in [0.15, 0.2) is 76.3 Å². The molecule has 2 heterocycles. The predicted molar refractivity (Wildman–Crippen MR) is 194 cm³/mol. The van der Waals surface area contributed by atoms with Crippen molar-refractivity contribution in [2.75, 3.05) is 39.2 Å². The van der Waals surface area contributed by atoms with E-state index in [0.717, 1.165) is 29.5 Å². The number of carbonyl (C=O) groups is 2. The number of benzene rings is 3. The summed E-state index contributed by atoms with van der Waals surface area (Å²) >= 11 is 1.17. The van der Waals surface area contributed by atoms with Crippen molar-refractivity contribution in [1.29, 1.82) is 0 Å². The Bertz CT molecular complexity index is 2170. The van der Waals surface area contributed by atoms with E-state index in [0.29, 0.717) is 47.0 Å². The topological polar surface area (TPSA) is 127 Å². The predicted octanol–water partition coefficient (Wildman–Crippen LogP) is 5.32. The van der Waals surface area contributed by atoms with E-state index in [-0.39, 0.29) is 46.0 Å². The third-order valence-corrected chi connectivity index (χ3v) is 9.90. The van der Waals surface area contributed by atoms with E-state index < -0.39 is 29.4 Å². The Morgan fingerprint density at radius 3 is 2.29 bits per heavy atom. The van der Waals surface area contributed by atoms with Crippen molar-refractivity contribution in [1.82, 2.24) is 24.7 Å². The number of thiophene rings is 1. The van der Waals surface area contributed by atoms with Crippen LogP contribution in [0.4, 0.5) is 19.3 Å². The number of rotatable bonds is 13. The van der Waals surface area contributed by atoms with Crippen LogP contribution >= 0.6 is 11.3 Å². The minimum Gasteiger partial charge on any atom is -0.383 e. The average molecular weight is 717 g/mol. The third kappa shape index (κ3) is 7.77. The van der Waals surface area contributed by atoms with Crippen molar-refractivity contribution in [2.45, 2.75) is 38.9 Å². The second kappa shape index (κ2) is 15.4. The standard InChI is InChI=1S/C37H38F2N6O5S/c1-4-40-36(48)42-25-12-8-22(9-13-25)32-28(20-43(2)18-19-50-3)31-34(47)45(26-16-10-23(11-17-26)33(46)41-24-14-15-24)37(49)44(35(31)51-32)21-27-29(38)6-5-7-30(27)39/h5-13,16-17,24H,4,14-15,18-21H2,1-3H3,(H,41,46)(H2,40,42,48). The Morgan fingerprint density at radius 2 is 1.67 bits per heavy atom. The van der Waals surface area contributed by atoms with E-state index >= 15 is 8.78 Å². The van der Waals surface area contributed by atoms with Crippen molar-refractivity contribution in [3.63, 3.8) is 0 Å². The number of urea groups is 1. The average Bonchev–Trinajstić information content (AvgIpc) is 3.85. The first-order valence-electron chi connectivity index (χ1n) is 16.6. The molecule has 0 saturated heterocycles. The van der Waals surface area contributed by atoms with Crippen molar-refractivity contribution in [2.24, 2.45) is 0 Å². The summed E-state index contributed by atoms with van der Waals surface area (Å²) in [6, 6.07) is 16.5. The summed E-state index contributed by atoms with van der Waals surface area (Å²) in [6.07, 6.45) is 1.84. The van der Waals surface area contributed by atoms with Gasteiger partial charge < -0.3 is 20.7 Å². The summed E-state index contributed by atoms with van der Waals surface area (Å²) in [5.41, 5.74) is 0.713. The lowest BCUT2D eigenvalue weighted by Gasteiger charge is -2.18. The van der Waals surface area contributed by atoms with E-state index in [1.165, 1.54) is 34.1 Å². The molecule has 0 aliphatic heterocycles. The first-order chi connectivity index (χ1) is 24.6. The molecular formula is C37H38F2N6O5S. The highest BCUT2D eigenvalue weighted by atomic mass is 32.1. The molecule has 51 heavy (non-hydrogen) atoms. The molecule has 11 nitrogen and oxygen atoms in total. The molecule has 0 bridgehead atoms. The van der Waals surface area contributed by atoms with E-state index in [9.17, 15) is 19.2 Å². The highest BCUT2D eigenvalue weighted by Gasteiger charge is 2.27. The van der Waals surface area contributed by atoms with Gasteiger partial charge in [-0.25, -0.2) is 22.9 Å². The first-order valence-corrected chi connectivity index (χ1v) is 17.4. The van der Waals surface area contributed by atoms with E-state index in [1.54, 1.807) is 43.5 Å². The van der Waals surface area contributed by atoms with Gasteiger partial charge in [-0.3, -0.25) is 19.1 Å². The Kier molecular flexibility index (Phi) is 10.7. The van der Waals surface area contributed by atoms with E-state index in [1.807, 2.05) is 18.9 Å². The molecule has 6 rings (SSSR count). The van der Waals surface area contributed by atoms with Gasteiger partial charge in [-0.05, 0) is 86.5 Å². The lowest BCUT2D eigenvalue weighted by Crippen LogP contribution is -2.39. The SMILES string of the molecule is CCNC(=O)Nc1ccc(-c2sc3c(c2CN(C)CCOC)c(=O)n(-c2ccc(C(=O)NC4CC4)cc2)c(=O)n3Cc2c(F)cccc2F)cc1. The van der Waals surface area contributed by atoms with Crippen LogP contribution in [0, 0.1) is 11.6 Å². The van der Waals surface area contributed by atoms with Gasteiger partial charge in [0.25, 0.3) is 11.5 Å². The minimum absolute atomic E-state index is 0.148. The molecule has 3 amide bonds. The number of hydrogen-bond donors (Lipinski definition) is 3. The monoisotopic (exact) mass is 716 g/mol. The van der Waals surface area contributed by atoms with Crippen LogP contribution in [0.5, 0.6) is 0 Å². The fourth-order valence-corrected chi connectivity index (χ4v) is 7.06. The molecule has 1 fully saturated rings. The van der Waals surface area contributed by atoms with E-state index in [4.69, 9.17) is 4.74 Å². The normalized spacial score (nSPS) is 12.7. The molecule has 1 aliphatic rings. The van der Waals surface area contributed by atoms with Crippen LogP contribution in [0.3, 0.4) is 0 Å².